The van der Waals surface area contributed by atoms with Crippen molar-refractivity contribution >= 4 is 23.6 Å². The minimum atomic E-state index is -1.14. The van der Waals surface area contributed by atoms with E-state index in [1.54, 1.807) is 0 Å². The van der Waals surface area contributed by atoms with Crippen LogP contribution in [0.1, 0.15) is 6.42 Å². The van der Waals surface area contributed by atoms with E-state index in [1.165, 1.54) is 11.8 Å². The summed E-state index contributed by atoms with van der Waals surface area (Å²) in [6.07, 6.45) is 0.0110. The summed E-state index contributed by atoms with van der Waals surface area (Å²) in [5.74, 6) is -1.34. The van der Waals surface area contributed by atoms with Crippen molar-refractivity contribution in [2.24, 2.45) is 0 Å². The van der Waals surface area contributed by atoms with Crippen LogP contribution in [0.4, 0.5) is 0 Å². The molecule has 0 saturated carbocycles. The summed E-state index contributed by atoms with van der Waals surface area (Å²) in [6, 6.07) is 8.34. The third kappa shape index (κ3) is 5.20. The Bertz CT molecular complexity index is 396. The van der Waals surface area contributed by atoms with Crippen molar-refractivity contribution < 1.29 is 19.8 Å². The van der Waals surface area contributed by atoms with Crippen LogP contribution < -0.4 is 5.32 Å². The summed E-state index contributed by atoms with van der Waals surface area (Å²) < 4.78 is 0. The van der Waals surface area contributed by atoms with Crippen LogP contribution in [-0.2, 0) is 9.59 Å². The van der Waals surface area contributed by atoms with Crippen molar-refractivity contribution in [1.29, 1.82) is 0 Å². The number of carbonyl (C=O) groups is 2. The van der Waals surface area contributed by atoms with Crippen molar-refractivity contribution in [3.63, 3.8) is 0 Å². The number of aliphatic carboxylic acids is 1. The fourth-order valence-electron chi connectivity index (χ4n) is 1.29. The number of benzene rings is 1. The molecule has 6 heteroatoms. The van der Waals surface area contributed by atoms with Gasteiger partial charge in [0.25, 0.3) is 0 Å². The first-order valence-corrected chi connectivity index (χ1v) is 6.43. The molecule has 0 spiro atoms. The van der Waals surface area contributed by atoms with Crippen molar-refractivity contribution in [2.45, 2.75) is 17.4 Å². The maximum atomic E-state index is 11.5. The van der Waals surface area contributed by atoms with Gasteiger partial charge in [-0.25, -0.2) is 4.79 Å². The Balaban J connectivity index is 2.39. The Morgan fingerprint density at radius 2 is 1.94 bits per heavy atom. The molecule has 0 aromatic heterocycles. The molecule has 0 aliphatic carbocycles. The first-order valence-electron chi connectivity index (χ1n) is 5.44. The van der Waals surface area contributed by atoms with E-state index in [0.29, 0.717) is 0 Å². The highest BCUT2D eigenvalue weighted by molar-refractivity contribution is 8.00. The molecule has 0 aliphatic heterocycles. The van der Waals surface area contributed by atoms with Crippen LogP contribution in [0.15, 0.2) is 35.2 Å². The van der Waals surface area contributed by atoms with Crippen LogP contribution in [-0.4, -0.2) is 40.5 Å². The van der Waals surface area contributed by atoms with Crippen molar-refractivity contribution in [1.82, 2.24) is 5.32 Å². The van der Waals surface area contributed by atoms with Gasteiger partial charge in [-0.05, 0) is 12.1 Å². The largest absolute Gasteiger partial charge is 0.480 e. The standard InChI is InChI=1S/C12H15NO4S/c14-7-6-10(12(16)17)13-11(15)8-18-9-4-2-1-3-5-9/h1-5,10,14H,6-8H2,(H,13,15)(H,16,17)/t10-/m0/s1. The molecule has 0 bridgehead atoms. The van der Waals surface area contributed by atoms with E-state index in [0.717, 1.165) is 4.90 Å². The SMILES string of the molecule is O=C(CSc1ccccc1)N[C@@H](CCO)C(=O)O. The average molecular weight is 269 g/mol. The van der Waals surface area contributed by atoms with Gasteiger partial charge >= 0.3 is 5.97 Å². The van der Waals surface area contributed by atoms with E-state index in [2.05, 4.69) is 5.32 Å². The quantitative estimate of drug-likeness (QED) is 0.635. The summed E-state index contributed by atoms with van der Waals surface area (Å²) >= 11 is 1.33. The van der Waals surface area contributed by atoms with E-state index in [-0.39, 0.29) is 24.7 Å². The smallest absolute Gasteiger partial charge is 0.326 e. The average Bonchev–Trinajstić information content (AvgIpc) is 2.37. The lowest BCUT2D eigenvalue weighted by Crippen LogP contribution is -2.42. The number of rotatable bonds is 7. The summed E-state index contributed by atoms with van der Waals surface area (Å²) in [6.45, 7) is -0.275. The first kappa shape index (κ1) is 14.5. The maximum absolute atomic E-state index is 11.5. The first-order chi connectivity index (χ1) is 8.63. The second kappa shape index (κ2) is 7.73. The summed E-state index contributed by atoms with van der Waals surface area (Å²) in [5, 5.41) is 19.9. The second-order valence-corrected chi connectivity index (χ2v) is 4.62. The minimum Gasteiger partial charge on any atom is -0.480 e. The molecular weight excluding hydrogens is 254 g/mol. The number of carboxylic acid groups (broad SMARTS) is 1. The predicted molar refractivity (Wildman–Crippen MR) is 68.4 cm³/mol. The van der Waals surface area contributed by atoms with Crippen LogP contribution >= 0.6 is 11.8 Å². The lowest BCUT2D eigenvalue weighted by molar-refractivity contribution is -0.141. The number of aliphatic hydroxyl groups is 1. The van der Waals surface area contributed by atoms with Gasteiger partial charge in [0.05, 0.1) is 5.75 Å². The molecule has 0 aliphatic rings. The summed E-state index contributed by atoms with van der Waals surface area (Å²) in [7, 11) is 0. The number of carbonyl (C=O) groups excluding carboxylic acids is 1. The minimum absolute atomic E-state index is 0.0110. The zero-order chi connectivity index (χ0) is 13.4. The van der Waals surface area contributed by atoms with E-state index in [1.807, 2.05) is 30.3 Å². The predicted octanol–water partition coefficient (Wildman–Crippen LogP) is 0.731. The van der Waals surface area contributed by atoms with Gasteiger partial charge in [0, 0.05) is 17.9 Å². The number of nitrogens with one attached hydrogen (secondary N) is 1. The van der Waals surface area contributed by atoms with Crippen LogP contribution in [0.2, 0.25) is 0 Å². The van der Waals surface area contributed by atoms with Crippen molar-refractivity contribution in [3.05, 3.63) is 30.3 Å². The fourth-order valence-corrected chi connectivity index (χ4v) is 2.02. The molecule has 5 nitrogen and oxygen atoms in total. The third-order valence-electron chi connectivity index (χ3n) is 2.16. The second-order valence-electron chi connectivity index (χ2n) is 3.57. The third-order valence-corrected chi connectivity index (χ3v) is 3.18. The molecule has 98 valence electrons. The zero-order valence-electron chi connectivity index (χ0n) is 9.70. The Labute approximate surface area is 109 Å². The maximum Gasteiger partial charge on any atom is 0.326 e. The fraction of sp³-hybridized carbons (Fsp3) is 0.333. The van der Waals surface area contributed by atoms with Crippen molar-refractivity contribution in [3.8, 4) is 0 Å². The van der Waals surface area contributed by atoms with E-state index in [4.69, 9.17) is 10.2 Å². The van der Waals surface area contributed by atoms with Gasteiger partial charge in [0.1, 0.15) is 6.04 Å². The topological polar surface area (TPSA) is 86.6 Å². The molecule has 0 unspecified atom stereocenters. The molecule has 0 saturated heterocycles. The molecule has 0 fully saturated rings. The Kier molecular flexibility index (Phi) is 6.24. The number of aliphatic hydroxyl groups excluding tert-OH is 1. The van der Waals surface area contributed by atoms with Crippen LogP contribution in [0.5, 0.6) is 0 Å². The molecule has 18 heavy (non-hydrogen) atoms. The van der Waals surface area contributed by atoms with Crippen LogP contribution in [0.3, 0.4) is 0 Å². The van der Waals surface area contributed by atoms with Gasteiger partial charge in [-0.2, -0.15) is 0 Å². The Morgan fingerprint density at radius 3 is 2.50 bits per heavy atom. The number of hydrogen-bond donors (Lipinski definition) is 3. The highest BCUT2D eigenvalue weighted by Gasteiger charge is 2.18. The monoisotopic (exact) mass is 269 g/mol. The molecule has 1 atom stereocenters. The molecule has 1 aromatic rings. The Hall–Kier alpha value is -1.53. The van der Waals surface area contributed by atoms with E-state index < -0.39 is 12.0 Å². The number of amides is 1. The molecular formula is C12H15NO4S. The summed E-state index contributed by atoms with van der Waals surface area (Å²) in [5.41, 5.74) is 0. The van der Waals surface area contributed by atoms with Crippen LogP contribution in [0.25, 0.3) is 0 Å². The Morgan fingerprint density at radius 1 is 1.28 bits per heavy atom. The molecule has 1 rings (SSSR count). The van der Waals surface area contributed by atoms with Gasteiger partial charge < -0.3 is 15.5 Å². The molecule has 1 aromatic carbocycles. The van der Waals surface area contributed by atoms with Gasteiger partial charge in [-0.15, -0.1) is 11.8 Å². The van der Waals surface area contributed by atoms with E-state index >= 15 is 0 Å². The van der Waals surface area contributed by atoms with Crippen LogP contribution in [0, 0.1) is 0 Å². The number of carboxylic acids is 1. The van der Waals surface area contributed by atoms with Gasteiger partial charge in [-0.3, -0.25) is 4.79 Å². The van der Waals surface area contributed by atoms with E-state index in [9.17, 15) is 9.59 Å². The van der Waals surface area contributed by atoms with Gasteiger partial charge in [0.15, 0.2) is 0 Å². The highest BCUT2D eigenvalue weighted by Crippen LogP contribution is 2.16. The normalized spacial score (nSPS) is 11.8. The molecule has 1 amide bonds. The number of hydrogen-bond acceptors (Lipinski definition) is 4. The molecule has 0 heterocycles. The molecule has 0 radical (unpaired) electrons. The van der Waals surface area contributed by atoms with Crippen molar-refractivity contribution in [2.75, 3.05) is 12.4 Å². The molecule has 3 N–H and O–H groups in total. The lowest BCUT2D eigenvalue weighted by Gasteiger charge is -2.12. The highest BCUT2D eigenvalue weighted by atomic mass is 32.2. The van der Waals surface area contributed by atoms with Gasteiger partial charge in [0.2, 0.25) is 5.91 Å². The number of thioether (sulfide) groups is 1. The summed E-state index contributed by atoms with van der Waals surface area (Å²) in [4.78, 5) is 23.2. The zero-order valence-corrected chi connectivity index (χ0v) is 10.5. The van der Waals surface area contributed by atoms with Gasteiger partial charge in [-0.1, -0.05) is 18.2 Å². The lowest BCUT2D eigenvalue weighted by atomic mass is 10.2.